The highest BCUT2D eigenvalue weighted by molar-refractivity contribution is 5.64. The SMILES string of the molecule is OC(O)c1ccnc(-c2cn(Cc3cccc(-c4ccccc4)c3)cn2)c1. The lowest BCUT2D eigenvalue weighted by Crippen LogP contribution is -1.97. The van der Waals surface area contributed by atoms with Crippen LogP contribution in [0.1, 0.15) is 17.4 Å². The van der Waals surface area contributed by atoms with Gasteiger partial charge < -0.3 is 14.8 Å². The molecule has 0 saturated carbocycles. The molecule has 2 N–H and O–H groups in total. The van der Waals surface area contributed by atoms with Crippen molar-refractivity contribution in [1.29, 1.82) is 0 Å². The Hall–Kier alpha value is -3.28. The fourth-order valence-electron chi connectivity index (χ4n) is 3.02. The summed E-state index contributed by atoms with van der Waals surface area (Å²) in [4.78, 5) is 8.67. The molecule has 4 aromatic rings. The van der Waals surface area contributed by atoms with Gasteiger partial charge in [-0.3, -0.25) is 4.98 Å². The molecule has 5 nitrogen and oxygen atoms in total. The average molecular weight is 357 g/mol. The Morgan fingerprint density at radius 1 is 0.815 bits per heavy atom. The van der Waals surface area contributed by atoms with Crippen LogP contribution in [0.5, 0.6) is 0 Å². The van der Waals surface area contributed by atoms with Crippen molar-refractivity contribution in [1.82, 2.24) is 14.5 Å². The van der Waals surface area contributed by atoms with Crippen LogP contribution in [0.15, 0.2) is 85.5 Å². The topological polar surface area (TPSA) is 71.2 Å². The second-order valence-electron chi connectivity index (χ2n) is 6.35. The maximum Gasteiger partial charge on any atom is 0.178 e. The van der Waals surface area contributed by atoms with E-state index in [0.29, 0.717) is 23.5 Å². The van der Waals surface area contributed by atoms with Crippen molar-refractivity contribution in [2.45, 2.75) is 12.8 Å². The quantitative estimate of drug-likeness (QED) is 0.535. The minimum absolute atomic E-state index is 0.394. The van der Waals surface area contributed by atoms with Crippen molar-refractivity contribution in [2.24, 2.45) is 0 Å². The molecular formula is C22H19N3O2. The van der Waals surface area contributed by atoms with Gasteiger partial charge in [0.2, 0.25) is 0 Å². The van der Waals surface area contributed by atoms with E-state index in [4.69, 9.17) is 0 Å². The Morgan fingerprint density at radius 2 is 1.63 bits per heavy atom. The van der Waals surface area contributed by atoms with Gasteiger partial charge in [-0.1, -0.05) is 48.5 Å². The minimum atomic E-state index is -1.52. The first-order valence-electron chi connectivity index (χ1n) is 8.67. The van der Waals surface area contributed by atoms with Crippen molar-refractivity contribution in [3.63, 3.8) is 0 Å². The summed E-state index contributed by atoms with van der Waals surface area (Å²) in [6, 6.07) is 21.9. The molecule has 0 unspecified atom stereocenters. The van der Waals surface area contributed by atoms with Gasteiger partial charge in [0.1, 0.15) is 5.69 Å². The molecule has 2 aromatic carbocycles. The largest absolute Gasteiger partial charge is 0.364 e. The van der Waals surface area contributed by atoms with Crippen molar-refractivity contribution in [3.8, 4) is 22.5 Å². The molecule has 0 amide bonds. The van der Waals surface area contributed by atoms with Crippen LogP contribution in [0, 0.1) is 0 Å². The van der Waals surface area contributed by atoms with E-state index in [0.717, 1.165) is 0 Å². The Morgan fingerprint density at radius 3 is 2.44 bits per heavy atom. The molecule has 2 heterocycles. The Balaban J connectivity index is 1.56. The highest BCUT2D eigenvalue weighted by Gasteiger charge is 2.09. The van der Waals surface area contributed by atoms with Crippen LogP contribution < -0.4 is 0 Å². The van der Waals surface area contributed by atoms with Gasteiger partial charge in [0.15, 0.2) is 6.29 Å². The molecule has 0 radical (unpaired) electrons. The number of aliphatic hydroxyl groups is 2. The molecule has 0 fully saturated rings. The van der Waals surface area contributed by atoms with E-state index < -0.39 is 6.29 Å². The number of pyridine rings is 1. The van der Waals surface area contributed by atoms with Gasteiger partial charge in [0, 0.05) is 24.5 Å². The predicted octanol–water partition coefficient (Wildman–Crippen LogP) is 3.64. The maximum absolute atomic E-state index is 9.32. The van der Waals surface area contributed by atoms with E-state index in [2.05, 4.69) is 46.4 Å². The Bertz CT molecular complexity index is 1040. The van der Waals surface area contributed by atoms with Crippen molar-refractivity contribution < 1.29 is 10.2 Å². The number of hydrogen-bond acceptors (Lipinski definition) is 4. The van der Waals surface area contributed by atoms with Crippen molar-refractivity contribution >= 4 is 0 Å². The van der Waals surface area contributed by atoms with E-state index in [1.165, 1.54) is 16.7 Å². The molecule has 0 aliphatic heterocycles. The van der Waals surface area contributed by atoms with Gasteiger partial charge in [-0.25, -0.2) is 4.98 Å². The smallest absolute Gasteiger partial charge is 0.178 e. The molecule has 0 saturated heterocycles. The molecule has 4 rings (SSSR count). The van der Waals surface area contributed by atoms with Gasteiger partial charge in [-0.2, -0.15) is 0 Å². The summed E-state index contributed by atoms with van der Waals surface area (Å²) >= 11 is 0. The van der Waals surface area contributed by atoms with E-state index in [1.807, 2.05) is 29.0 Å². The molecule has 0 spiro atoms. The van der Waals surface area contributed by atoms with E-state index in [1.54, 1.807) is 24.7 Å². The Labute approximate surface area is 157 Å². The van der Waals surface area contributed by atoms with Gasteiger partial charge in [-0.05, 0) is 34.9 Å². The molecule has 0 bridgehead atoms. The van der Waals surface area contributed by atoms with Crippen LogP contribution in [0.3, 0.4) is 0 Å². The Kier molecular flexibility index (Phi) is 4.78. The summed E-state index contributed by atoms with van der Waals surface area (Å²) < 4.78 is 1.99. The number of nitrogens with zero attached hydrogens (tertiary/aromatic N) is 3. The van der Waals surface area contributed by atoms with Crippen molar-refractivity contribution in [2.75, 3.05) is 0 Å². The molecule has 5 heteroatoms. The first kappa shape index (κ1) is 17.1. The van der Waals surface area contributed by atoms with Gasteiger partial charge in [-0.15, -0.1) is 0 Å². The first-order chi connectivity index (χ1) is 13.2. The number of aromatic nitrogens is 3. The summed E-state index contributed by atoms with van der Waals surface area (Å²) in [6.07, 6.45) is 3.70. The van der Waals surface area contributed by atoms with Crippen molar-refractivity contribution in [3.05, 3.63) is 96.6 Å². The summed E-state index contributed by atoms with van der Waals surface area (Å²) in [5, 5.41) is 18.6. The molecule has 0 aliphatic rings. The zero-order valence-electron chi connectivity index (χ0n) is 14.6. The van der Waals surface area contributed by atoms with Gasteiger partial charge in [0.05, 0.1) is 12.0 Å². The van der Waals surface area contributed by atoms with Crippen LogP contribution in [0.25, 0.3) is 22.5 Å². The summed E-state index contributed by atoms with van der Waals surface area (Å²) in [6.45, 7) is 0.690. The number of imidazole rings is 1. The third-order valence-corrected chi connectivity index (χ3v) is 4.38. The highest BCUT2D eigenvalue weighted by atomic mass is 16.5. The summed E-state index contributed by atoms with van der Waals surface area (Å²) in [7, 11) is 0. The van der Waals surface area contributed by atoms with Gasteiger partial charge >= 0.3 is 0 Å². The number of rotatable bonds is 5. The molecule has 134 valence electrons. The summed E-state index contributed by atoms with van der Waals surface area (Å²) in [5.74, 6) is 0. The normalized spacial score (nSPS) is 11.1. The van der Waals surface area contributed by atoms with Crippen LogP contribution in [0.4, 0.5) is 0 Å². The molecule has 2 aromatic heterocycles. The zero-order valence-corrected chi connectivity index (χ0v) is 14.6. The zero-order chi connectivity index (χ0) is 18.6. The average Bonchev–Trinajstić information content (AvgIpc) is 3.17. The fourth-order valence-corrected chi connectivity index (χ4v) is 3.02. The number of hydrogen-bond donors (Lipinski definition) is 2. The lowest BCUT2D eigenvalue weighted by Gasteiger charge is -2.06. The second kappa shape index (κ2) is 7.53. The number of benzene rings is 2. The first-order valence-corrected chi connectivity index (χ1v) is 8.67. The monoisotopic (exact) mass is 357 g/mol. The van der Waals surface area contributed by atoms with Crippen LogP contribution in [-0.2, 0) is 6.54 Å². The highest BCUT2D eigenvalue weighted by Crippen LogP contribution is 2.22. The van der Waals surface area contributed by atoms with E-state index in [-0.39, 0.29) is 0 Å². The lowest BCUT2D eigenvalue weighted by molar-refractivity contribution is -0.0425. The second-order valence-corrected chi connectivity index (χ2v) is 6.35. The lowest BCUT2D eigenvalue weighted by atomic mass is 10.0. The standard InChI is InChI=1S/C22H19N3O2/c26-22(27)19-9-10-23-20(12-19)21-14-25(15-24-21)13-16-5-4-8-18(11-16)17-6-2-1-3-7-17/h1-12,14-15,22,26-27H,13H2. The van der Waals surface area contributed by atoms with E-state index >= 15 is 0 Å². The minimum Gasteiger partial charge on any atom is -0.364 e. The number of aliphatic hydroxyl groups excluding tert-OH is 1. The van der Waals surface area contributed by atoms with Crippen LogP contribution >= 0.6 is 0 Å². The molecule has 0 aliphatic carbocycles. The molecule has 0 atom stereocenters. The fraction of sp³-hybridized carbons (Fsp3) is 0.0909. The van der Waals surface area contributed by atoms with Crippen LogP contribution in [0.2, 0.25) is 0 Å². The summed E-state index contributed by atoms with van der Waals surface area (Å²) in [5.41, 5.74) is 5.24. The predicted molar refractivity (Wildman–Crippen MR) is 104 cm³/mol. The van der Waals surface area contributed by atoms with Gasteiger partial charge in [0.25, 0.3) is 0 Å². The third kappa shape index (κ3) is 3.95. The van der Waals surface area contributed by atoms with Crippen LogP contribution in [-0.4, -0.2) is 24.7 Å². The molecule has 27 heavy (non-hydrogen) atoms. The third-order valence-electron chi connectivity index (χ3n) is 4.38. The van der Waals surface area contributed by atoms with E-state index in [9.17, 15) is 10.2 Å². The maximum atomic E-state index is 9.32. The molecular weight excluding hydrogens is 338 g/mol.